The zero-order valence-electron chi connectivity index (χ0n) is 20.8. The molecule has 0 aliphatic carbocycles. The lowest BCUT2D eigenvalue weighted by Gasteiger charge is -2.35. The normalized spacial score (nSPS) is 13.2. The molecule has 1 atom stereocenters. The van der Waals surface area contributed by atoms with Crippen LogP contribution >= 0.6 is 0 Å². The van der Waals surface area contributed by atoms with Crippen molar-refractivity contribution < 1.29 is 0 Å². The molecule has 1 unspecified atom stereocenters. The molecule has 5 aromatic rings. The fraction of sp³-hybridized carbons (Fsp3) is 0.200. The molecule has 35 heavy (non-hydrogen) atoms. The molecule has 0 spiro atoms. The predicted octanol–water partition coefficient (Wildman–Crippen LogP) is 5.07. The SMILES string of the molecule is CNC(c1ccc(C)cc1)(c1ccc2c(c1)c(-c1cccc(C)c1)cc(=O)n2C)c1cncn1C. The molecule has 5 heteroatoms. The van der Waals surface area contributed by atoms with Crippen LogP contribution in [0, 0.1) is 13.8 Å². The van der Waals surface area contributed by atoms with Gasteiger partial charge in [0.2, 0.25) is 0 Å². The molecule has 176 valence electrons. The lowest BCUT2D eigenvalue weighted by atomic mass is 9.79. The first-order valence-corrected chi connectivity index (χ1v) is 11.8. The number of aryl methyl sites for hydroxylation is 4. The van der Waals surface area contributed by atoms with E-state index in [4.69, 9.17) is 0 Å². The number of benzene rings is 3. The molecule has 3 aromatic carbocycles. The van der Waals surface area contributed by atoms with Gasteiger partial charge in [-0.1, -0.05) is 65.7 Å². The number of pyridine rings is 1. The highest BCUT2D eigenvalue weighted by molar-refractivity contribution is 5.95. The zero-order valence-corrected chi connectivity index (χ0v) is 20.8. The van der Waals surface area contributed by atoms with Gasteiger partial charge in [-0.25, -0.2) is 4.98 Å². The highest BCUT2D eigenvalue weighted by Gasteiger charge is 2.37. The number of nitrogens with zero attached hydrogens (tertiary/aromatic N) is 3. The van der Waals surface area contributed by atoms with Crippen LogP contribution in [0.5, 0.6) is 0 Å². The minimum absolute atomic E-state index is 0.0215. The van der Waals surface area contributed by atoms with Gasteiger partial charge in [0.05, 0.1) is 23.7 Å². The molecule has 0 saturated heterocycles. The number of rotatable bonds is 5. The molecule has 0 aliphatic heterocycles. The van der Waals surface area contributed by atoms with Gasteiger partial charge in [0.15, 0.2) is 0 Å². The topological polar surface area (TPSA) is 51.9 Å². The average Bonchev–Trinajstić information content (AvgIpc) is 3.29. The second kappa shape index (κ2) is 8.67. The van der Waals surface area contributed by atoms with Gasteiger partial charge < -0.3 is 14.5 Å². The Labute approximate surface area is 205 Å². The van der Waals surface area contributed by atoms with Crippen LogP contribution in [0.15, 0.2) is 90.1 Å². The first-order chi connectivity index (χ1) is 16.8. The Balaban J connectivity index is 1.87. The van der Waals surface area contributed by atoms with E-state index in [1.807, 2.05) is 39.7 Å². The molecule has 0 amide bonds. The lowest BCUT2D eigenvalue weighted by molar-refractivity contribution is 0.493. The van der Waals surface area contributed by atoms with Crippen LogP contribution in [-0.4, -0.2) is 21.2 Å². The summed E-state index contributed by atoms with van der Waals surface area (Å²) in [6.45, 7) is 4.17. The second-order valence-electron chi connectivity index (χ2n) is 9.31. The lowest BCUT2D eigenvalue weighted by Crippen LogP contribution is -2.43. The van der Waals surface area contributed by atoms with Crippen molar-refractivity contribution in [1.82, 2.24) is 19.4 Å². The summed E-state index contributed by atoms with van der Waals surface area (Å²) < 4.78 is 3.78. The van der Waals surface area contributed by atoms with E-state index in [1.165, 1.54) is 5.56 Å². The van der Waals surface area contributed by atoms with Crippen LogP contribution in [-0.2, 0) is 19.6 Å². The summed E-state index contributed by atoms with van der Waals surface area (Å²) in [6, 6.07) is 25.1. The van der Waals surface area contributed by atoms with Crippen molar-refractivity contribution >= 4 is 10.9 Å². The highest BCUT2D eigenvalue weighted by Crippen LogP contribution is 2.39. The standard InChI is InChI=1S/C30H30N4O/c1-20-9-11-23(12-10-20)30(31-3,28-18-32-19-33(28)4)24-13-14-27-26(16-24)25(17-29(35)34(27)5)22-8-6-7-21(2)15-22/h6-19,31H,1-5H3. The molecule has 0 saturated carbocycles. The largest absolute Gasteiger partial charge is 0.335 e. The van der Waals surface area contributed by atoms with E-state index in [1.54, 1.807) is 10.6 Å². The Morgan fingerprint density at radius 1 is 0.857 bits per heavy atom. The molecule has 2 heterocycles. The Kier molecular flexibility index (Phi) is 5.65. The number of fused-ring (bicyclic) bond motifs is 1. The maximum absolute atomic E-state index is 12.9. The van der Waals surface area contributed by atoms with Crippen molar-refractivity contribution in [3.05, 3.63) is 124 Å². The fourth-order valence-electron chi connectivity index (χ4n) is 5.15. The van der Waals surface area contributed by atoms with E-state index in [0.29, 0.717) is 0 Å². The van der Waals surface area contributed by atoms with Crippen LogP contribution in [0.3, 0.4) is 0 Å². The fourth-order valence-corrected chi connectivity index (χ4v) is 5.15. The van der Waals surface area contributed by atoms with E-state index in [2.05, 4.69) is 89.4 Å². The molecular formula is C30H30N4O. The Bertz CT molecular complexity index is 1590. The van der Waals surface area contributed by atoms with Crippen molar-refractivity contribution in [3.8, 4) is 11.1 Å². The van der Waals surface area contributed by atoms with E-state index >= 15 is 0 Å². The monoisotopic (exact) mass is 462 g/mol. The van der Waals surface area contributed by atoms with Crippen molar-refractivity contribution in [2.24, 2.45) is 14.1 Å². The summed E-state index contributed by atoms with van der Waals surface area (Å²) >= 11 is 0. The van der Waals surface area contributed by atoms with Crippen molar-refractivity contribution in [1.29, 1.82) is 0 Å². The van der Waals surface area contributed by atoms with Crippen molar-refractivity contribution in [2.45, 2.75) is 19.4 Å². The first-order valence-electron chi connectivity index (χ1n) is 11.8. The van der Waals surface area contributed by atoms with Crippen LogP contribution < -0.4 is 10.9 Å². The minimum Gasteiger partial charge on any atom is -0.335 e. The summed E-state index contributed by atoms with van der Waals surface area (Å²) in [5.41, 5.74) is 7.82. The van der Waals surface area contributed by atoms with Crippen LogP contribution in [0.4, 0.5) is 0 Å². The molecule has 5 nitrogen and oxygen atoms in total. The molecule has 5 rings (SSSR count). The zero-order chi connectivity index (χ0) is 24.7. The summed E-state index contributed by atoms with van der Waals surface area (Å²) in [4.78, 5) is 17.3. The summed E-state index contributed by atoms with van der Waals surface area (Å²) in [7, 11) is 5.83. The maximum atomic E-state index is 12.9. The maximum Gasteiger partial charge on any atom is 0.251 e. The van der Waals surface area contributed by atoms with Gasteiger partial charge in [-0.2, -0.15) is 0 Å². The Hall–Kier alpha value is -3.96. The molecular weight excluding hydrogens is 432 g/mol. The van der Waals surface area contributed by atoms with E-state index in [-0.39, 0.29) is 5.56 Å². The average molecular weight is 463 g/mol. The molecule has 0 aliphatic rings. The Morgan fingerprint density at radius 2 is 1.60 bits per heavy atom. The summed E-state index contributed by atoms with van der Waals surface area (Å²) in [5.74, 6) is 0. The number of aromatic nitrogens is 3. The molecule has 2 aromatic heterocycles. The van der Waals surface area contributed by atoms with E-state index in [9.17, 15) is 4.79 Å². The van der Waals surface area contributed by atoms with Gasteiger partial charge in [0.1, 0.15) is 5.54 Å². The number of nitrogens with one attached hydrogen (secondary N) is 1. The number of imidazole rings is 1. The van der Waals surface area contributed by atoms with Gasteiger partial charge in [-0.05, 0) is 55.3 Å². The van der Waals surface area contributed by atoms with E-state index < -0.39 is 5.54 Å². The number of hydrogen-bond acceptors (Lipinski definition) is 3. The first kappa shape index (κ1) is 22.8. The van der Waals surface area contributed by atoms with Crippen LogP contribution in [0.1, 0.15) is 27.9 Å². The number of hydrogen-bond donors (Lipinski definition) is 1. The van der Waals surface area contributed by atoms with Gasteiger partial charge >= 0.3 is 0 Å². The molecule has 0 radical (unpaired) electrons. The third kappa shape index (κ3) is 3.69. The highest BCUT2D eigenvalue weighted by atomic mass is 16.1. The van der Waals surface area contributed by atoms with Crippen molar-refractivity contribution in [2.75, 3.05) is 7.05 Å². The summed E-state index contributed by atoms with van der Waals surface area (Å²) in [6.07, 6.45) is 3.75. The third-order valence-corrected chi connectivity index (χ3v) is 7.07. The molecule has 0 fully saturated rings. The second-order valence-corrected chi connectivity index (χ2v) is 9.31. The van der Waals surface area contributed by atoms with Crippen molar-refractivity contribution in [3.63, 3.8) is 0 Å². The van der Waals surface area contributed by atoms with Gasteiger partial charge in [-0.3, -0.25) is 4.79 Å². The quantitative estimate of drug-likeness (QED) is 0.397. The summed E-state index contributed by atoms with van der Waals surface area (Å²) in [5, 5.41) is 4.67. The minimum atomic E-state index is -0.633. The van der Waals surface area contributed by atoms with Gasteiger partial charge in [0.25, 0.3) is 5.56 Å². The van der Waals surface area contributed by atoms with E-state index in [0.717, 1.165) is 44.4 Å². The molecule has 0 bridgehead atoms. The van der Waals surface area contributed by atoms with Crippen LogP contribution in [0.2, 0.25) is 0 Å². The Morgan fingerprint density at radius 3 is 2.26 bits per heavy atom. The third-order valence-electron chi connectivity index (χ3n) is 7.07. The predicted molar refractivity (Wildman–Crippen MR) is 143 cm³/mol. The van der Waals surface area contributed by atoms with Gasteiger partial charge in [-0.15, -0.1) is 0 Å². The molecule has 1 N–H and O–H groups in total. The van der Waals surface area contributed by atoms with Gasteiger partial charge in [0, 0.05) is 25.5 Å². The smallest absolute Gasteiger partial charge is 0.251 e. The van der Waals surface area contributed by atoms with Crippen LogP contribution in [0.25, 0.3) is 22.0 Å².